The second kappa shape index (κ2) is 9.92. The van der Waals surface area contributed by atoms with E-state index in [9.17, 15) is 18.0 Å². The highest BCUT2D eigenvalue weighted by Crippen LogP contribution is 2.22. The molecule has 0 saturated carbocycles. The third kappa shape index (κ3) is 5.61. The lowest BCUT2D eigenvalue weighted by Gasteiger charge is -2.25. The number of rotatable bonds is 6. The Labute approximate surface area is 185 Å². The lowest BCUT2D eigenvalue weighted by molar-refractivity contribution is -0.119. The Morgan fingerprint density at radius 3 is 2.39 bits per heavy atom. The first kappa shape index (κ1) is 22.7. The lowest BCUT2D eigenvalue weighted by Crippen LogP contribution is -2.35. The van der Waals surface area contributed by atoms with Gasteiger partial charge in [0.05, 0.1) is 21.0 Å². The molecule has 2 aromatic rings. The molecular formula is C21H20ClN3O5S. The smallest absolute Gasteiger partial charge is 0.338 e. The van der Waals surface area contributed by atoms with Crippen LogP contribution < -0.4 is 5.32 Å². The molecule has 0 unspecified atom stereocenters. The number of nitrogens with one attached hydrogen (secondary N) is 1. The average molecular weight is 462 g/mol. The number of nitrogens with zero attached hydrogens (tertiary/aromatic N) is 2. The third-order valence-electron chi connectivity index (χ3n) is 4.75. The summed E-state index contributed by atoms with van der Waals surface area (Å²) < 4.78 is 31.7. The Kier molecular flexibility index (Phi) is 7.28. The molecule has 162 valence electrons. The van der Waals surface area contributed by atoms with E-state index in [4.69, 9.17) is 21.6 Å². The van der Waals surface area contributed by atoms with Gasteiger partial charge in [-0.05, 0) is 55.3 Å². The number of piperidine rings is 1. The molecule has 0 atom stereocenters. The summed E-state index contributed by atoms with van der Waals surface area (Å²) in [6.45, 7) is 0.446. The number of halogens is 1. The van der Waals surface area contributed by atoms with E-state index >= 15 is 0 Å². The number of carbonyl (C=O) groups is 2. The van der Waals surface area contributed by atoms with Gasteiger partial charge in [-0.1, -0.05) is 18.0 Å². The monoisotopic (exact) mass is 461 g/mol. The van der Waals surface area contributed by atoms with Crippen LogP contribution in [-0.4, -0.2) is 44.3 Å². The largest absolute Gasteiger partial charge is 0.452 e. The van der Waals surface area contributed by atoms with Crippen LogP contribution in [0, 0.1) is 11.3 Å². The number of hydrogen-bond donors (Lipinski definition) is 1. The Bertz CT molecular complexity index is 1120. The molecular weight excluding hydrogens is 442 g/mol. The topological polar surface area (TPSA) is 117 Å². The molecule has 31 heavy (non-hydrogen) atoms. The summed E-state index contributed by atoms with van der Waals surface area (Å²) in [5.74, 6) is -1.34. The van der Waals surface area contributed by atoms with Crippen molar-refractivity contribution in [3.8, 4) is 6.07 Å². The molecule has 8 nitrogen and oxygen atoms in total. The summed E-state index contributed by atoms with van der Waals surface area (Å²) in [4.78, 5) is 24.3. The molecule has 2 aromatic carbocycles. The van der Waals surface area contributed by atoms with E-state index in [1.54, 1.807) is 0 Å². The van der Waals surface area contributed by atoms with Crippen molar-refractivity contribution in [3.05, 3.63) is 58.6 Å². The van der Waals surface area contributed by atoms with Crippen LogP contribution in [0.1, 0.15) is 35.2 Å². The SMILES string of the molecule is N#Cc1ccc(NC(=O)COC(=O)c2ccc(S(=O)(=O)N3CCCCC3)cc2)cc1Cl. The van der Waals surface area contributed by atoms with E-state index in [0.717, 1.165) is 19.3 Å². The van der Waals surface area contributed by atoms with Gasteiger partial charge >= 0.3 is 5.97 Å². The van der Waals surface area contributed by atoms with E-state index in [1.165, 1.54) is 46.8 Å². The van der Waals surface area contributed by atoms with E-state index in [-0.39, 0.29) is 21.0 Å². The van der Waals surface area contributed by atoms with E-state index < -0.39 is 28.5 Å². The predicted molar refractivity (Wildman–Crippen MR) is 114 cm³/mol. The van der Waals surface area contributed by atoms with Crippen LogP contribution in [-0.2, 0) is 19.6 Å². The summed E-state index contributed by atoms with van der Waals surface area (Å²) in [6.07, 6.45) is 2.68. The molecule has 0 spiro atoms. The maximum Gasteiger partial charge on any atom is 0.338 e. The Hall–Kier alpha value is -2.93. The summed E-state index contributed by atoms with van der Waals surface area (Å²) >= 11 is 5.91. The van der Waals surface area contributed by atoms with Gasteiger partial charge in [-0.2, -0.15) is 9.57 Å². The van der Waals surface area contributed by atoms with Gasteiger partial charge in [-0.3, -0.25) is 4.79 Å². The summed E-state index contributed by atoms with van der Waals surface area (Å²) in [5, 5.41) is 11.6. The molecule has 0 aromatic heterocycles. The van der Waals surface area contributed by atoms with Gasteiger partial charge in [0, 0.05) is 18.8 Å². The van der Waals surface area contributed by atoms with Crippen LogP contribution in [0.25, 0.3) is 0 Å². The van der Waals surface area contributed by atoms with Gasteiger partial charge < -0.3 is 10.1 Å². The highest BCUT2D eigenvalue weighted by molar-refractivity contribution is 7.89. The second-order valence-electron chi connectivity index (χ2n) is 6.92. The fourth-order valence-electron chi connectivity index (χ4n) is 3.11. The third-order valence-corrected chi connectivity index (χ3v) is 6.98. The standard InChI is InChI=1S/C21H20ClN3O5S/c22-19-12-17(7-4-16(19)13-23)24-20(26)14-30-21(27)15-5-8-18(9-6-15)31(28,29)25-10-2-1-3-11-25/h4-9,12H,1-3,10-11,14H2,(H,24,26). The zero-order chi connectivity index (χ0) is 22.4. The summed E-state index contributed by atoms with van der Waals surface area (Å²) in [5.41, 5.74) is 0.765. The van der Waals surface area contributed by atoms with E-state index in [2.05, 4.69) is 5.32 Å². The zero-order valence-corrected chi connectivity index (χ0v) is 18.1. The molecule has 1 aliphatic heterocycles. The van der Waals surface area contributed by atoms with Crippen molar-refractivity contribution in [1.82, 2.24) is 4.31 Å². The zero-order valence-electron chi connectivity index (χ0n) is 16.5. The summed E-state index contributed by atoms with van der Waals surface area (Å²) in [6, 6.07) is 11.7. The van der Waals surface area contributed by atoms with Gasteiger partial charge in [-0.25, -0.2) is 13.2 Å². The summed E-state index contributed by atoms with van der Waals surface area (Å²) in [7, 11) is -3.59. The molecule has 1 fully saturated rings. The van der Waals surface area contributed by atoms with Gasteiger partial charge in [-0.15, -0.1) is 0 Å². The molecule has 1 saturated heterocycles. The number of esters is 1. The lowest BCUT2D eigenvalue weighted by atomic mass is 10.2. The van der Waals surface area contributed by atoms with Crippen molar-refractivity contribution in [3.63, 3.8) is 0 Å². The van der Waals surface area contributed by atoms with E-state index in [1.807, 2.05) is 6.07 Å². The first-order valence-electron chi connectivity index (χ1n) is 9.58. The van der Waals surface area contributed by atoms with Crippen molar-refractivity contribution < 1.29 is 22.7 Å². The first-order valence-corrected chi connectivity index (χ1v) is 11.4. The number of sulfonamides is 1. The molecule has 1 heterocycles. The molecule has 0 radical (unpaired) electrons. The number of carbonyl (C=O) groups excluding carboxylic acids is 2. The van der Waals surface area contributed by atoms with Crippen LogP contribution in [0.2, 0.25) is 5.02 Å². The van der Waals surface area contributed by atoms with Crippen molar-refractivity contribution in [2.75, 3.05) is 25.0 Å². The van der Waals surface area contributed by atoms with Crippen LogP contribution in [0.3, 0.4) is 0 Å². The number of amides is 1. The van der Waals surface area contributed by atoms with Crippen LogP contribution in [0.15, 0.2) is 47.4 Å². The fourth-order valence-corrected chi connectivity index (χ4v) is 4.85. The molecule has 1 aliphatic rings. The Morgan fingerprint density at radius 1 is 1.10 bits per heavy atom. The number of anilines is 1. The molecule has 0 bridgehead atoms. The predicted octanol–water partition coefficient (Wildman–Crippen LogP) is 3.18. The Balaban J connectivity index is 1.56. The average Bonchev–Trinajstić information content (AvgIpc) is 2.78. The molecule has 0 aliphatic carbocycles. The number of nitriles is 1. The minimum atomic E-state index is -3.59. The minimum Gasteiger partial charge on any atom is -0.452 e. The molecule has 10 heteroatoms. The van der Waals surface area contributed by atoms with E-state index in [0.29, 0.717) is 18.8 Å². The first-order chi connectivity index (χ1) is 14.8. The Morgan fingerprint density at radius 2 is 1.77 bits per heavy atom. The maximum absolute atomic E-state index is 12.7. The highest BCUT2D eigenvalue weighted by atomic mass is 35.5. The van der Waals surface area contributed by atoms with Crippen molar-refractivity contribution in [1.29, 1.82) is 5.26 Å². The van der Waals surface area contributed by atoms with Crippen molar-refractivity contribution in [2.45, 2.75) is 24.2 Å². The van der Waals surface area contributed by atoms with Crippen LogP contribution in [0.4, 0.5) is 5.69 Å². The van der Waals surface area contributed by atoms with Crippen LogP contribution in [0.5, 0.6) is 0 Å². The van der Waals surface area contributed by atoms with Gasteiger partial charge in [0.1, 0.15) is 6.07 Å². The van der Waals surface area contributed by atoms with Crippen molar-refractivity contribution in [2.24, 2.45) is 0 Å². The second-order valence-corrected chi connectivity index (χ2v) is 9.26. The van der Waals surface area contributed by atoms with Gasteiger partial charge in [0.15, 0.2) is 6.61 Å². The maximum atomic E-state index is 12.7. The molecule has 3 rings (SSSR count). The van der Waals surface area contributed by atoms with Crippen molar-refractivity contribution >= 4 is 39.2 Å². The number of ether oxygens (including phenoxy) is 1. The van der Waals surface area contributed by atoms with Gasteiger partial charge in [0.2, 0.25) is 10.0 Å². The number of hydrogen-bond acceptors (Lipinski definition) is 6. The molecule has 1 amide bonds. The number of benzene rings is 2. The molecule has 1 N–H and O–H groups in total. The highest BCUT2D eigenvalue weighted by Gasteiger charge is 2.26. The minimum absolute atomic E-state index is 0.112. The van der Waals surface area contributed by atoms with Gasteiger partial charge in [0.25, 0.3) is 5.91 Å². The quantitative estimate of drug-likeness (QED) is 0.660. The van der Waals surface area contributed by atoms with Crippen LogP contribution >= 0.6 is 11.6 Å². The normalized spacial score (nSPS) is 14.5. The fraction of sp³-hybridized carbons (Fsp3) is 0.286.